The van der Waals surface area contributed by atoms with E-state index in [9.17, 15) is 9.59 Å². The van der Waals surface area contributed by atoms with Gasteiger partial charge in [0.2, 0.25) is 5.90 Å². The number of para-hydroxylation sites is 1. The van der Waals surface area contributed by atoms with Crippen molar-refractivity contribution < 1.29 is 28.5 Å². The molecule has 1 saturated carbocycles. The minimum absolute atomic E-state index is 0.0166. The normalized spacial score (nSPS) is 16.8. The molecule has 30 heavy (non-hydrogen) atoms. The number of aliphatic imine (C=N–C) groups is 1. The summed E-state index contributed by atoms with van der Waals surface area (Å²) in [6.45, 7) is 2.36. The lowest BCUT2D eigenvalue weighted by Crippen LogP contribution is -2.10. The van der Waals surface area contributed by atoms with Crippen LogP contribution in [0.1, 0.15) is 30.9 Å². The van der Waals surface area contributed by atoms with Crippen LogP contribution < -0.4 is 14.2 Å². The molecular formula is C23H21NO6. The van der Waals surface area contributed by atoms with Crippen LogP contribution in [-0.4, -0.2) is 31.6 Å². The Hall–Kier alpha value is -3.61. The summed E-state index contributed by atoms with van der Waals surface area (Å²) in [6, 6.07) is 12.3. The summed E-state index contributed by atoms with van der Waals surface area (Å²) in [5.74, 6) is 0.710. The Balaban J connectivity index is 1.59. The molecule has 1 aliphatic heterocycles. The van der Waals surface area contributed by atoms with Gasteiger partial charge < -0.3 is 18.9 Å². The van der Waals surface area contributed by atoms with Gasteiger partial charge in [-0.05, 0) is 55.7 Å². The highest BCUT2D eigenvalue weighted by Crippen LogP contribution is 2.35. The number of benzene rings is 2. The van der Waals surface area contributed by atoms with Gasteiger partial charge in [-0.1, -0.05) is 18.2 Å². The summed E-state index contributed by atoms with van der Waals surface area (Å²) in [7, 11) is 1.49. The second-order valence-corrected chi connectivity index (χ2v) is 6.87. The van der Waals surface area contributed by atoms with E-state index in [0.29, 0.717) is 35.0 Å². The van der Waals surface area contributed by atoms with Crippen molar-refractivity contribution in [1.29, 1.82) is 0 Å². The predicted molar refractivity (Wildman–Crippen MR) is 110 cm³/mol. The Kier molecular flexibility index (Phi) is 5.52. The highest BCUT2D eigenvalue weighted by Gasteiger charge is 2.32. The molecule has 0 unspecified atom stereocenters. The van der Waals surface area contributed by atoms with Gasteiger partial charge in [0.15, 0.2) is 17.2 Å². The smallest absolute Gasteiger partial charge is 0.363 e. The van der Waals surface area contributed by atoms with Crippen LogP contribution in [-0.2, 0) is 14.3 Å². The van der Waals surface area contributed by atoms with Gasteiger partial charge in [0.1, 0.15) is 5.75 Å². The average molecular weight is 407 g/mol. The zero-order chi connectivity index (χ0) is 21.1. The molecule has 1 fully saturated rings. The first kappa shape index (κ1) is 19.7. The van der Waals surface area contributed by atoms with Gasteiger partial charge in [0.25, 0.3) is 0 Å². The Morgan fingerprint density at radius 1 is 1.17 bits per heavy atom. The number of cyclic esters (lactones) is 1. The SMILES string of the molecule is CCOc1ccccc1C1=N/C(=C/c2ccc(OC(=O)C3CC3)c(OC)c2)C(=O)O1. The molecule has 0 aromatic heterocycles. The van der Waals surface area contributed by atoms with Crippen LogP contribution in [0.25, 0.3) is 6.08 Å². The third-order valence-electron chi connectivity index (χ3n) is 4.65. The fourth-order valence-corrected chi connectivity index (χ4v) is 2.98. The number of methoxy groups -OCH3 is 1. The third kappa shape index (κ3) is 4.20. The van der Waals surface area contributed by atoms with Crippen molar-refractivity contribution in [1.82, 2.24) is 0 Å². The number of carbonyl (C=O) groups is 2. The minimum Gasteiger partial charge on any atom is -0.493 e. The van der Waals surface area contributed by atoms with E-state index in [-0.39, 0.29) is 23.5 Å². The molecule has 2 aromatic rings. The zero-order valence-corrected chi connectivity index (χ0v) is 16.7. The van der Waals surface area contributed by atoms with E-state index in [1.807, 2.05) is 19.1 Å². The number of carbonyl (C=O) groups excluding carboxylic acids is 2. The van der Waals surface area contributed by atoms with E-state index >= 15 is 0 Å². The first-order valence-corrected chi connectivity index (χ1v) is 9.73. The molecule has 0 radical (unpaired) electrons. The molecule has 0 saturated heterocycles. The van der Waals surface area contributed by atoms with Crippen LogP contribution in [0.15, 0.2) is 53.2 Å². The van der Waals surface area contributed by atoms with E-state index in [4.69, 9.17) is 18.9 Å². The maximum absolute atomic E-state index is 12.3. The number of nitrogens with zero attached hydrogens (tertiary/aromatic N) is 1. The Bertz CT molecular complexity index is 1050. The van der Waals surface area contributed by atoms with Crippen molar-refractivity contribution in [3.63, 3.8) is 0 Å². The lowest BCUT2D eigenvalue weighted by Gasteiger charge is -2.09. The van der Waals surface area contributed by atoms with Crippen molar-refractivity contribution >= 4 is 23.9 Å². The second-order valence-electron chi connectivity index (χ2n) is 6.87. The van der Waals surface area contributed by atoms with Gasteiger partial charge in [-0.2, -0.15) is 0 Å². The minimum atomic E-state index is -0.556. The summed E-state index contributed by atoms with van der Waals surface area (Å²) in [4.78, 5) is 28.6. The van der Waals surface area contributed by atoms with Crippen molar-refractivity contribution in [2.75, 3.05) is 13.7 Å². The van der Waals surface area contributed by atoms with E-state index in [2.05, 4.69) is 4.99 Å². The summed E-state index contributed by atoms with van der Waals surface area (Å²) in [5, 5.41) is 0. The topological polar surface area (TPSA) is 83.4 Å². The molecule has 4 rings (SSSR count). The number of ether oxygens (including phenoxy) is 4. The first-order chi connectivity index (χ1) is 14.6. The molecule has 0 N–H and O–H groups in total. The summed E-state index contributed by atoms with van der Waals surface area (Å²) >= 11 is 0. The molecule has 7 nitrogen and oxygen atoms in total. The lowest BCUT2D eigenvalue weighted by molar-refractivity contribution is -0.136. The van der Waals surface area contributed by atoms with Crippen LogP contribution in [0, 0.1) is 5.92 Å². The molecule has 0 atom stereocenters. The van der Waals surface area contributed by atoms with Crippen LogP contribution in [0.5, 0.6) is 17.2 Å². The molecule has 0 spiro atoms. The Morgan fingerprint density at radius 3 is 2.70 bits per heavy atom. The number of esters is 2. The zero-order valence-electron chi connectivity index (χ0n) is 16.7. The molecule has 2 aliphatic rings. The highest BCUT2D eigenvalue weighted by atomic mass is 16.6. The average Bonchev–Trinajstić information content (AvgIpc) is 3.54. The molecular weight excluding hydrogens is 386 g/mol. The van der Waals surface area contributed by atoms with Crippen molar-refractivity contribution in [3.05, 3.63) is 59.3 Å². The number of rotatable bonds is 7. The lowest BCUT2D eigenvalue weighted by atomic mass is 10.1. The third-order valence-corrected chi connectivity index (χ3v) is 4.65. The number of hydrogen-bond acceptors (Lipinski definition) is 7. The fourth-order valence-electron chi connectivity index (χ4n) is 2.98. The van der Waals surface area contributed by atoms with E-state index < -0.39 is 5.97 Å². The van der Waals surface area contributed by atoms with Crippen LogP contribution in [0.3, 0.4) is 0 Å². The molecule has 0 bridgehead atoms. The summed E-state index contributed by atoms with van der Waals surface area (Å²) in [6.07, 6.45) is 3.31. The van der Waals surface area contributed by atoms with E-state index in [1.165, 1.54) is 7.11 Å². The van der Waals surface area contributed by atoms with Gasteiger partial charge in [-0.3, -0.25) is 4.79 Å². The molecule has 1 heterocycles. The predicted octanol–water partition coefficient (Wildman–Crippen LogP) is 3.75. The van der Waals surface area contributed by atoms with Gasteiger partial charge in [0, 0.05) is 0 Å². The Labute approximate surface area is 173 Å². The van der Waals surface area contributed by atoms with E-state index in [0.717, 1.165) is 12.8 Å². The largest absolute Gasteiger partial charge is 0.493 e. The standard InChI is InChI=1S/C23H21NO6/c1-3-28-18-7-5-4-6-16(18)21-24-17(23(26)30-21)12-14-8-11-19(20(13-14)27-2)29-22(25)15-9-10-15/h4-8,11-13,15H,3,9-10H2,1-2H3/b17-12+. The fraction of sp³-hybridized carbons (Fsp3) is 0.261. The molecule has 7 heteroatoms. The van der Waals surface area contributed by atoms with Crippen molar-refractivity contribution in [3.8, 4) is 17.2 Å². The molecule has 1 aliphatic carbocycles. The molecule has 0 amide bonds. The van der Waals surface area contributed by atoms with Crippen molar-refractivity contribution in [2.24, 2.45) is 10.9 Å². The van der Waals surface area contributed by atoms with Gasteiger partial charge in [-0.25, -0.2) is 9.79 Å². The van der Waals surface area contributed by atoms with Gasteiger partial charge >= 0.3 is 11.9 Å². The van der Waals surface area contributed by atoms with Gasteiger partial charge in [0.05, 0.1) is 25.2 Å². The second kappa shape index (κ2) is 8.41. The first-order valence-electron chi connectivity index (χ1n) is 9.73. The quantitative estimate of drug-likeness (QED) is 0.395. The van der Waals surface area contributed by atoms with E-state index in [1.54, 1.807) is 36.4 Å². The van der Waals surface area contributed by atoms with Crippen LogP contribution in [0.4, 0.5) is 0 Å². The number of hydrogen-bond donors (Lipinski definition) is 0. The van der Waals surface area contributed by atoms with Gasteiger partial charge in [-0.15, -0.1) is 0 Å². The van der Waals surface area contributed by atoms with Crippen molar-refractivity contribution in [2.45, 2.75) is 19.8 Å². The maximum Gasteiger partial charge on any atom is 0.363 e. The molecule has 2 aromatic carbocycles. The molecule has 154 valence electrons. The Morgan fingerprint density at radius 2 is 1.97 bits per heavy atom. The summed E-state index contributed by atoms with van der Waals surface area (Å²) in [5.41, 5.74) is 1.42. The van der Waals surface area contributed by atoms with Crippen LogP contribution in [0.2, 0.25) is 0 Å². The monoisotopic (exact) mass is 407 g/mol. The van der Waals surface area contributed by atoms with Crippen LogP contribution >= 0.6 is 0 Å². The maximum atomic E-state index is 12.3. The summed E-state index contributed by atoms with van der Waals surface area (Å²) < 4.78 is 21.7. The highest BCUT2D eigenvalue weighted by molar-refractivity contribution is 6.13.